The monoisotopic (exact) mass is 200 g/mol. The molecule has 0 aromatic heterocycles. The first-order chi connectivity index (χ1) is 6.66. The molecule has 3 fully saturated rings. The number of carbonyl (C=O) groups excluding carboxylic acids is 1. The molecule has 0 unspecified atom stereocenters. The van der Waals surface area contributed by atoms with E-state index in [0.29, 0.717) is 0 Å². The first-order valence-electron chi connectivity index (χ1n) is 5.31. The highest BCUT2D eigenvalue weighted by Gasteiger charge is 2.52. The Morgan fingerprint density at radius 3 is 2.07 bits per heavy atom. The van der Waals surface area contributed by atoms with Crippen molar-refractivity contribution in [3.63, 3.8) is 0 Å². The van der Waals surface area contributed by atoms with E-state index in [2.05, 4.69) is 0 Å². The van der Waals surface area contributed by atoms with Crippen molar-refractivity contribution < 1.29 is 13.9 Å². The molecule has 0 aromatic rings. The molecule has 2 bridgehead atoms. The van der Waals surface area contributed by atoms with Gasteiger partial charge in [0, 0.05) is 0 Å². The number of halogens is 1. The topological polar surface area (TPSA) is 26.3 Å². The zero-order valence-electron chi connectivity index (χ0n) is 8.64. The molecule has 0 radical (unpaired) electrons. The average molecular weight is 200 g/mol. The van der Waals surface area contributed by atoms with E-state index in [1.165, 1.54) is 7.11 Å². The third-order valence-electron chi connectivity index (χ3n) is 4.30. The fourth-order valence-corrected chi connectivity index (χ4v) is 2.99. The van der Waals surface area contributed by atoms with E-state index in [1.807, 2.05) is 0 Å². The summed E-state index contributed by atoms with van der Waals surface area (Å²) in [5, 5.41) is 0. The fraction of sp³-hybridized carbons (Fsp3) is 0.909. The second kappa shape index (κ2) is 3.21. The number of carbonyl (C=O) groups is 1. The molecule has 80 valence electrons. The molecule has 3 aliphatic carbocycles. The Kier molecular flexibility index (Phi) is 2.28. The van der Waals surface area contributed by atoms with Crippen LogP contribution in [0, 0.1) is 10.8 Å². The molecule has 0 amide bonds. The van der Waals surface area contributed by atoms with Crippen LogP contribution in [0.3, 0.4) is 0 Å². The third-order valence-corrected chi connectivity index (χ3v) is 4.30. The van der Waals surface area contributed by atoms with Crippen molar-refractivity contribution >= 4 is 5.97 Å². The molecule has 3 saturated carbocycles. The normalized spacial score (nSPS) is 41.0. The lowest BCUT2D eigenvalue weighted by molar-refractivity contribution is -0.163. The molecule has 3 heteroatoms. The highest BCUT2D eigenvalue weighted by molar-refractivity contribution is 5.77. The van der Waals surface area contributed by atoms with Crippen LogP contribution in [-0.4, -0.2) is 19.8 Å². The van der Waals surface area contributed by atoms with E-state index in [-0.39, 0.29) is 23.5 Å². The maximum Gasteiger partial charge on any atom is 0.311 e. The van der Waals surface area contributed by atoms with Gasteiger partial charge in [-0.05, 0) is 43.9 Å². The van der Waals surface area contributed by atoms with Crippen LogP contribution in [0.4, 0.5) is 4.39 Å². The largest absolute Gasteiger partial charge is 0.469 e. The van der Waals surface area contributed by atoms with Crippen LogP contribution in [0.2, 0.25) is 0 Å². The second-order valence-corrected chi connectivity index (χ2v) is 4.91. The Morgan fingerprint density at radius 1 is 1.21 bits per heavy atom. The summed E-state index contributed by atoms with van der Waals surface area (Å²) in [7, 11) is 1.45. The van der Waals surface area contributed by atoms with Crippen molar-refractivity contribution in [1.29, 1.82) is 0 Å². The summed E-state index contributed by atoms with van der Waals surface area (Å²) in [6.07, 6.45) is 5.05. The van der Waals surface area contributed by atoms with Gasteiger partial charge < -0.3 is 4.74 Å². The van der Waals surface area contributed by atoms with Gasteiger partial charge in [0.25, 0.3) is 0 Å². The standard InChI is InChI=1S/C11H17FO2/c1-14-9(13)11-5-2-10(8-12,3-6-11)4-7-11/h2-8H2,1H3. The molecule has 0 N–H and O–H groups in total. The molecule has 0 aromatic carbocycles. The Balaban J connectivity index is 2.12. The van der Waals surface area contributed by atoms with Crippen molar-refractivity contribution in [3.05, 3.63) is 0 Å². The first kappa shape index (κ1) is 9.94. The second-order valence-electron chi connectivity index (χ2n) is 4.91. The minimum absolute atomic E-state index is 0.0790. The molecule has 2 nitrogen and oxygen atoms in total. The number of fused-ring (bicyclic) bond motifs is 3. The molecular weight excluding hydrogens is 183 g/mol. The Bertz CT molecular complexity index is 225. The summed E-state index contributed by atoms with van der Waals surface area (Å²) < 4.78 is 17.7. The quantitative estimate of drug-likeness (QED) is 0.640. The van der Waals surface area contributed by atoms with Crippen molar-refractivity contribution in [1.82, 2.24) is 0 Å². The summed E-state index contributed by atoms with van der Waals surface area (Å²) in [6.45, 7) is -0.218. The molecule has 0 heterocycles. The summed E-state index contributed by atoms with van der Waals surface area (Å²) in [5.41, 5.74) is -0.346. The lowest BCUT2D eigenvalue weighted by Gasteiger charge is -2.50. The van der Waals surface area contributed by atoms with E-state index >= 15 is 0 Å². The van der Waals surface area contributed by atoms with Gasteiger partial charge in [0.1, 0.15) is 0 Å². The molecule has 3 aliphatic rings. The zero-order valence-corrected chi connectivity index (χ0v) is 8.64. The number of alkyl halides is 1. The molecule has 0 spiro atoms. The Labute approximate surface area is 83.8 Å². The van der Waals surface area contributed by atoms with Gasteiger partial charge in [-0.15, -0.1) is 0 Å². The van der Waals surface area contributed by atoms with E-state index in [9.17, 15) is 9.18 Å². The van der Waals surface area contributed by atoms with Crippen molar-refractivity contribution in [2.45, 2.75) is 38.5 Å². The maximum absolute atomic E-state index is 12.9. The third kappa shape index (κ3) is 1.25. The van der Waals surface area contributed by atoms with Crippen LogP contribution in [-0.2, 0) is 9.53 Å². The number of rotatable bonds is 2. The van der Waals surface area contributed by atoms with Crippen LogP contribution < -0.4 is 0 Å². The number of esters is 1. The van der Waals surface area contributed by atoms with Crippen LogP contribution >= 0.6 is 0 Å². The van der Waals surface area contributed by atoms with Crippen LogP contribution in [0.5, 0.6) is 0 Å². The summed E-state index contributed by atoms with van der Waals surface area (Å²) in [5.74, 6) is -0.0790. The van der Waals surface area contributed by atoms with Crippen molar-refractivity contribution in [2.75, 3.05) is 13.8 Å². The maximum atomic E-state index is 12.9. The Morgan fingerprint density at radius 2 is 1.71 bits per heavy atom. The summed E-state index contributed by atoms with van der Waals surface area (Å²) in [4.78, 5) is 11.6. The van der Waals surface area contributed by atoms with E-state index in [4.69, 9.17) is 4.74 Å². The van der Waals surface area contributed by atoms with E-state index in [1.54, 1.807) is 0 Å². The van der Waals surface area contributed by atoms with Crippen molar-refractivity contribution in [3.8, 4) is 0 Å². The minimum atomic E-state index is -0.258. The van der Waals surface area contributed by atoms with E-state index in [0.717, 1.165) is 38.5 Å². The predicted molar refractivity (Wildman–Crippen MR) is 50.6 cm³/mol. The number of hydrogen-bond acceptors (Lipinski definition) is 2. The molecule has 0 aliphatic heterocycles. The van der Waals surface area contributed by atoms with E-state index < -0.39 is 0 Å². The lowest BCUT2D eigenvalue weighted by Crippen LogP contribution is -2.47. The van der Waals surface area contributed by atoms with Gasteiger partial charge in [0.2, 0.25) is 0 Å². The van der Waals surface area contributed by atoms with Gasteiger partial charge in [0.15, 0.2) is 0 Å². The molecular formula is C11H17FO2. The van der Waals surface area contributed by atoms with Gasteiger partial charge in [-0.2, -0.15) is 0 Å². The average Bonchev–Trinajstić information content (AvgIpc) is 2.30. The highest BCUT2D eigenvalue weighted by Crippen LogP contribution is 2.57. The van der Waals surface area contributed by atoms with Crippen LogP contribution in [0.25, 0.3) is 0 Å². The van der Waals surface area contributed by atoms with Gasteiger partial charge in [-0.1, -0.05) is 0 Å². The Hall–Kier alpha value is -0.600. The predicted octanol–water partition coefficient (Wildman–Crippen LogP) is 2.47. The van der Waals surface area contributed by atoms with Crippen LogP contribution in [0.1, 0.15) is 38.5 Å². The molecule has 0 saturated heterocycles. The number of methoxy groups -OCH3 is 1. The first-order valence-corrected chi connectivity index (χ1v) is 5.31. The van der Waals surface area contributed by atoms with Gasteiger partial charge in [-0.25, -0.2) is 0 Å². The SMILES string of the molecule is COC(=O)C12CCC(CF)(CC1)CC2. The highest BCUT2D eigenvalue weighted by atomic mass is 19.1. The zero-order chi connectivity index (χ0) is 10.2. The van der Waals surface area contributed by atoms with Crippen LogP contribution in [0.15, 0.2) is 0 Å². The molecule has 14 heavy (non-hydrogen) atoms. The molecule has 0 atom stereocenters. The van der Waals surface area contributed by atoms with Crippen molar-refractivity contribution in [2.24, 2.45) is 10.8 Å². The molecule has 3 rings (SSSR count). The number of hydrogen-bond donors (Lipinski definition) is 0. The van der Waals surface area contributed by atoms with Gasteiger partial charge >= 0.3 is 5.97 Å². The van der Waals surface area contributed by atoms with Gasteiger partial charge in [0.05, 0.1) is 19.2 Å². The number of ether oxygens (including phenoxy) is 1. The minimum Gasteiger partial charge on any atom is -0.469 e. The smallest absolute Gasteiger partial charge is 0.311 e. The summed E-state index contributed by atoms with van der Waals surface area (Å²) in [6, 6.07) is 0. The van der Waals surface area contributed by atoms with Gasteiger partial charge in [-0.3, -0.25) is 9.18 Å². The summed E-state index contributed by atoms with van der Waals surface area (Å²) >= 11 is 0. The lowest BCUT2D eigenvalue weighted by atomic mass is 9.54. The fourth-order valence-electron chi connectivity index (χ4n) is 2.99.